The summed E-state index contributed by atoms with van der Waals surface area (Å²) in [5.41, 5.74) is 0. The van der Waals surface area contributed by atoms with Crippen LogP contribution in [-0.2, 0) is 0 Å². The van der Waals surface area contributed by atoms with E-state index in [1.807, 2.05) is 11.8 Å². The molecule has 0 N–H and O–H groups in total. The van der Waals surface area contributed by atoms with Crippen LogP contribution >= 0.6 is 11.8 Å². The summed E-state index contributed by atoms with van der Waals surface area (Å²) in [6.45, 7) is 6.81. The summed E-state index contributed by atoms with van der Waals surface area (Å²) in [4.78, 5) is 0. The molecule has 1 unspecified atom stereocenters. The number of terminal acetylenes is 1. The van der Waals surface area contributed by atoms with Crippen LogP contribution in [0, 0.1) is 18.3 Å². The molecule has 0 amide bonds. The van der Waals surface area contributed by atoms with Gasteiger partial charge in [-0.05, 0) is 18.1 Å². The van der Waals surface area contributed by atoms with Crippen LogP contribution in [0.15, 0.2) is 0 Å². The molecule has 0 rings (SSSR count). The number of thioether (sulfide) groups is 1. The van der Waals surface area contributed by atoms with Crippen molar-refractivity contribution in [2.75, 3.05) is 5.75 Å². The molecule has 0 aliphatic carbocycles. The van der Waals surface area contributed by atoms with Crippen LogP contribution in [0.4, 0.5) is 0 Å². The number of unbranched alkanes of at least 4 members (excludes halogenated alkanes) is 1. The topological polar surface area (TPSA) is 0 Å². The average Bonchev–Trinajstić information content (AvgIpc) is 1.97. The van der Waals surface area contributed by atoms with Crippen LogP contribution in [-0.4, -0.2) is 11.0 Å². The highest BCUT2D eigenvalue weighted by Crippen LogP contribution is 2.19. The van der Waals surface area contributed by atoms with Crippen molar-refractivity contribution in [3.8, 4) is 12.3 Å². The SMILES string of the molecule is C#CCCCSC(C)C(C)C. The summed E-state index contributed by atoms with van der Waals surface area (Å²) < 4.78 is 0. The van der Waals surface area contributed by atoms with E-state index in [9.17, 15) is 0 Å². The molecule has 0 aromatic heterocycles. The van der Waals surface area contributed by atoms with Gasteiger partial charge < -0.3 is 0 Å². The Morgan fingerprint density at radius 1 is 1.36 bits per heavy atom. The normalized spacial score (nSPS) is 13.0. The molecule has 0 nitrogen and oxygen atoms in total. The first kappa shape index (κ1) is 10.9. The average molecular weight is 170 g/mol. The summed E-state index contributed by atoms with van der Waals surface area (Å²) >= 11 is 2.03. The molecule has 64 valence electrons. The Kier molecular flexibility index (Phi) is 6.56. The first-order valence-electron chi connectivity index (χ1n) is 4.23. The molecule has 11 heavy (non-hydrogen) atoms. The Balaban J connectivity index is 3.19. The lowest BCUT2D eigenvalue weighted by molar-refractivity contribution is 0.642. The quantitative estimate of drug-likeness (QED) is 0.451. The molecular weight excluding hydrogens is 152 g/mol. The standard InChI is InChI=1S/C10H18S/c1-5-6-7-8-11-10(4)9(2)3/h1,9-10H,6-8H2,2-4H3. The highest BCUT2D eigenvalue weighted by molar-refractivity contribution is 7.99. The molecule has 0 aliphatic heterocycles. The van der Waals surface area contributed by atoms with Gasteiger partial charge in [-0.25, -0.2) is 0 Å². The maximum Gasteiger partial charge on any atom is 0.00939 e. The smallest absolute Gasteiger partial charge is 0.00939 e. The van der Waals surface area contributed by atoms with Crippen molar-refractivity contribution in [1.82, 2.24) is 0 Å². The Hall–Kier alpha value is -0.0900. The molecule has 0 bridgehead atoms. The van der Waals surface area contributed by atoms with Gasteiger partial charge in [0.15, 0.2) is 0 Å². The second-order valence-corrected chi connectivity index (χ2v) is 4.61. The fraction of sp³-hybridized carbons (Fsp3) is 0.800. The largest absolute Gasteiger partial charge is 0.159 e. The molecule has 1 atom stereocenters. The van der Waals surface area contributed by atoms with E-state index >= 15 is 0 Å². The zero-order chi connectivity index (χ0) is 8.69. The Labute approximate surface area is 75.1 Å². The second-order valence-electron chi connectivity index (χ2n) is 3.13. The Morgan fingerprint density at radius 3 is 2.45 bits per heavy atom. The molecule has 0 aliphatic rings. The van der Waals surface area contributed by atoms with Crippen LogP contribution in [0.5, 0.6) is 0 Å². The number of hydrogen-bond acceptors (Lipinski definition) is 1. The number of hydrogen-bond donors (Lipinski definition) is 0. The van der Waals surface area contributed by atoms with E-state index in [0.29, 0.717) is 0 Å². The maximum atomic E-state index is 5.15. The van der Waals surface area contributed by atoms with Crippen molar-refractivity contribution < 1.29 is 0 Å². The van der Waals surface area contributed by atoms with Crippen molar-refractivity contribution in [3.05, 3.63) is 0 Å². The van der Waals surface area contributed by atoms with Gasteiger partial charge in [-0.1, -0.05) is 20.8 Å². The van der Waals surface area contributed by atoms with Crippen molar-refractivity contribution >= 4 is 11.8 Å². The first-order chi connectivity index (χ1) is 5.18. The molecule has 0 saturated carbocycles. The molecule has 0 radical (unpaired) electrons. The van der Waals surface area contributed by atoms with Gasteiger partial charge in [-0.3, -0.25) is 0 Å². The minimum Gasteiger partial charge on any atom is -0.159 e. The zero-order valence-electron chi connectivity index (χ0n) is 7.76. The molecular formula is C10H18S. The van der Waals surface area contributed by atoms with Crippen LogP contribution < -0.4 is 0 Å². The van der Waals surface area contributed by atoms with Gasteiger partial charge in [0, 0.05) is 11.7 Å². The summed E-state index contributed by atoms with van der Waals surface area (Å²) in [5, 5.41) is 0.771. The molecule has 0 saturated heterocycles. The van der Waals surface area contributed by atoms with E-state index in [2.05, 4.69) is 26.7 Å². The Bertz CT molecular complexity index is 121. The van der Waals surface area contributed by atoms with Gasteiger partial charge in [0.2, 0.25) is 0 Å². The third-order valence-electron chi connectivity index (χ3n) is 1.79. The Morgan fingerprint density at radius 2 is 2.00 bits per heavy atom. The van der Waals surface area contributed by atoms with E-state index in [0.717, 1.165) is 24.0 Å². The highest BCUT2D eigenvalue weighted by atomic mass is 32.2. The molecule has 0 heterocycles. The minimum atomic E-state index is 0.771. The predicted octanol–water partition coefficient (Wildman–Crippen LogP) is 3.18. The fourth-order valence-electron chi connectivity index (χ4n) is 0.636. The van der Waals surface area contributed by atoms with Crippen molar-refractivity contribution in [2.45, 2.75) is 38.9 Å². The van der Waals surface area contributed by atoms with Crippen LogP contribution in [0.2, 0.25) is 0 Å². The van der Waals surface area contributed by atoms with Crippen molar-refractivity contribution in [1.29, 1.82) is 0 Å². The van der Waals surface area contributed by atoms with E-state index < -0.39 is 0 Å². The summed E-state index contributed by atoms with van der Waals surface area (Å²) in [6.07, 6.45) is 7.24. The lowest BCUT2D eigenvalue weighted by atomic mass is 10.2. The summed E-state index contributed by atoms with van der Waals surface area (Å²) in [6, 6.07) is 0. The van der Waals surface area contributed by atoms with Gasteiger partial charge in [0.1, 0.15) is 0 Å². The predicted molar refractivity (Wildman–Crippen MR) is 54.8 cm³/mol. The third kappa shape index (κ3) is 6.31. The van der Waals surface area contributed by atoms with Gasteiger partial charge in [-0.2, -0.15) is 11.8 Å². The van der Waals surface area contributed by atoms with Gasteiger partial charge in [0.05, 0.1) is 0 Å². The maximum absolute atomic E-state index is 5.15. The van der Waals surface area contributed by atoms with E-state index in [1.165, 1.54) is 5.75 Å². The van der Waals surface area contributed by atoms with E-state index in [1.54, 1.807) is 0 Å². The lowest BCUT2D eigenvalue weighted by Crippen LogP contribution is -2.06. The zero-order valence-corrected chi connectivity index (χ0v) is 8.58. The van der Waals surface area contributed by atoms with Gasteiger partial charge in [-0.15, -0.1) is 12.3 Å². The van der Waals surface area contributed by atoms with Gasteiger partial charge >= 0.3 is 0 Å². The summed E-state index contributed by atoms with van der Waals surface area (Å²) in [5.74, 6) is 4.65. The molecule has 0 spiro atoms. The lowest BCUT2D eigenvalue weighted by Gasteiger charge is -2.13. The van der Waals surface area contributed by atoms with Crippen LogP contribution in [0.3, 0.4) is 0 Å². The fourth-order valence-corrected chi connectivity index (χ4v) is 1.70. The van der Waals surface area contributed by atoms with Crippen molar-refractivity contribution in [2.24, 2.45) is 5.92 Å². The first-order valence-corrected chi connectivity index (χ1v) is 5.28. The molecule has 0 aromatic carbocycles. The number of rotatable bonds is 5. The highest BCUT2D eigenvalue weighted by Gasteiger charge is 2.05. The molecule has 1 heteroatoms. The minimum absolute atomic E-state index is 0.771. The molecule has 0 fully saturated rings. The van der Waals surface area contributed by atoms with Crippen LogP contribution in [0.25, 0.3) is 0 Å². The van der Waals surface area contributed by atoms with Gasteiger partial charge in [0.25, 0.3) is 0 Å². The second kappa shape index (κ2) is 6.61. The molecule has 0 aromatic rings. The third-order valence-corrected chi connectivity index (χ3v) is 3.38. The van der Waals surface area contributed by atoms with E-state index in [4.69, 9.17) is 6.42 Å². The van der Waals surface area contributed by atoms with Crippen LogP contribution in [0.1, 0.15) is 33.6 Å². The monoisotopic (exact) mass is 170 g/mol. The van der Waals surface area contributed by atoms with E-state index in [-0.39, 0.29) is 0 Å². The summed E-state index contributed by atoms with van der Waals surface area (Å²) in [7, 11) is 0. The van der Waals surface area contributed by atoms with Crippen molar-refractivity contribution in [3.63, 3.8) is 0 Å².